The SMILES string of the molecule is FC(F)(F)CC(Nc1ccc(Cl)c(Br)c1)c1ccccc1. The fourth-order valence-electron chi connectivity index (χ4n) is 1.96. The molecule has 0 fully saturated rings. The number of nitrogens with one attached hydrogen (secondary N) is 1. The first-order valence-electron chi connectivity index (χ1n) is 6.18. The van der Waals surface area contributed by atoms with Gasteiger partial charge in [0.25, 0.3) is 0 Å². The third kappa shape index (κ3) is 4.93. The van der Waals surface area contributed by atoms with E-state index in [1.165, 1.54) is 0 Å². The maximum atomic E-state index is 12.8. The zero-order valence-electron chi connectivity index (χ0n) is 10.8. The Morgan fingerprint density at radius 2 is 1.76 bits per heavy atom. The molecule has 0 spiro atoms. The van der Waals surface area contributed by atoms with E-state index in [9.17, 15) is 13.2 Å². The molecule has 6 heteroatoms. The molecule has 2 aromatic rings. The molecule has 1 atom stereocenters. The van der Waals surface area contributed by atoms with Crippen molar-refractivity contribution in [3.8, 4) is 0 Å². The highest BCUT2D eigenvalue weighted by Gasteiger charge is 2.32. The van der Waals surface area contributed by atoms with Gasteiger partial charge in [-0.1, -0.05) is 41.9 Å². The van der Waals surface area contributed by atoms with Crippen molar-refractivity contribution in [3.05, 3.63) is 63.6 Å². The van der Waals surface area contributed by atoms with Crippen molar-refractivity contribution < 1.29 is 13.2 Å². The van der Waals surface area contributed by atoms with Crippen LogP contribution in [-0.4, -0.2) is 6.18 Å². The number of alkyl halides is 3. The van der Waals surface area contributed by atoms with E-state index in [0.29, 0.717) is 20.7 Å². The molecule has 1 unspecified atom stereocenters. The van der Waals surface area contributed by atoms with Gasteiger partial charge in [-0.05, 0) is 39.7 Å². The van der Waals surface area contributed by atoms with Gasteiger partial charge in [-0.2, -0.15) is 13.2 Å². The van der Waals surface area contributed by atoms with Crippen molar-refractivity contribution in [1.82, 2.24) is 0 Å². The summed E-state index contributed by atoms with van der Waals surface area (Å²) in [5.74, 6) is 0. The lowest BCUT2D eigenvalue weighted by Crippen LogP contribution is -2.20. The monoisotopic (exact) mass is 377 g/mol. The summed E-state index contributed by atoms with van der Waals surface area (Å²) in [7, 11) is 0. The summed E-state index contributed by atoms with van der Waals surface area (Å²) in [6.07, 6.45) is -5.20. The summed E-state index contributed by atoms with van der Waals surface area (Å²) in [4.78, 5) is 0. The van der Waals surface area contributed by atoms with Crippen LogP contribution in [-0.2, 0) is 0 Å². The molecule has 21 heavy (non-hydrogen) atoms. The van der Waals surface area contributed by atoms with Crippen LogP contribution >= 0.6 is 27.5 Å². The number of halogens is 5. The van der Waals surface area contributed by atoms with Crippen molar-refractivity contribution >= 4 is 33.2 Å². The second kappa shape index (κ2) is 6.71. The Hall–Kier alpha value is -1.20. The molecule has 2 aromatic carbocycles. The molecule has 0 aliphatic carbocycles. The van der Waals surface area contributed by atoms with E-state index in [0.717, 1.165) is 0 Å². The van der Waals surface area contributed by atoms with Crippen molar-refractivity contribution in [1.29, 1.82) is 0 Å². The first-order chi connectivity index (χ1) is 9.85. The maximum absolute atomic E-state index is 12.8. The molecule has 0 aliphatic rings. The van der Waals surface area contributed by atoms with Crippen molar-refractivity contribution in [2.45, 2.75) is 18.6 Å². The third-order valence-electron chi connectivity index (χ3n) is 2.90. The molecular formula is C15H12BrClF3N. The summed E-state index contributed by atoms with van der Waals surface area (Å²) in [5.41, 5.74) is 1.16. The van der Waals surface area contributed by atoms with E-state index in [2.05, 4.69) is 21.2 Å². The van der Waals surface area contributed by atoms with Crippen molar-refractivity contribution in [2.24, 2.45) is 0 Å². The molecule has 0 aliphatic heterocycles. The molecule has 1 nitrogen and oxygen atoms in total. The van der Waals surface area contributed by atoms with Crippen molar-refractivity contribution in [3.63, 3.8) is 0 Å². The predicted octanol–water partition coefficient (Wildman–Crippen LogP) is 6.21. The summed E-state index contributed by atoms with van der Waals surface area (Å²) in [5, 5.41) is 3.42. The summed E-state index contributed by atoms with van der Waals surface area (Å²) in [6, 6.07) is 12.7. The fraction of sp³-hybridized carbons (Fsp3) is 0.200. The number of rotatable bonds is 4. The summed E-state index contributed by atoms with van der Waals surface area (Å²) >= 11 is 9.15. The standard InChI is InChI=1S/C15H12BrClF3N/c16-12-8-11(6-7-13(12)17)21-14(9-15(18,19)20)10-4-2-1-3-5-10/h1-8,14,21H,9H2. The van der Waals surface area contributed by atoms with Gasteiger partial charge < -0.3 is 5.32 Å². The van der Waals surface area contributed by atoms with Crippen LogP contribution < -0.4 is 5.32 Å². The highest BCUT2D eigenvalue weighted by molar-refractivity contribution is 9.10. The molecule has 2 rings (SSSR count). The van der Waals surface area contributed by atoms with Gasteiger partial charge in [0.2, 0.25) is 0 Å². The normalized spacial score (nSPS) is 13.0. The zero-order chi connectivity index (χ0) is 15.5. The van der Waals surface area contributed by atoms with E-state index >= 15 is 0 Å². The Labute approximate surface area is 134 Å². The minimum atomic E-state index is -4.25. The Morgan fingerprint density at radius 1 is 1.10 bits per heavy atom. The number of anilines is 1. The lowest BCUT2D eigenvalue weighted by molar-refractivity contribution is -0.137. The zero-order valence-corrected chi connectivity index (χ0v) is 13.1. The topological polar surface area (TPSA) is 12.0 Å². The molecule has 0 saturated carbocycles. The lowest BCUT2D eigenvalue weighted by Gasteiger charge is -2.22. The Kier molecular flexibility index (Phi) is 5.17. The quantitative estimate of drug-likeness (QED) is 0.667. The van der Waals surface area contributed by atoms with E-state index in [-0.39, 0.29) is 0 Å². The van der Waals surface area contributed by atoms with Gasteiger partial charge in [0.1, 0.15) is 0 Å². The fourth-order valence-corrected chi connectivity index (χ4v) is 2.45. The molecule has 0 bridgehead atoms. The molecule has 0 heterocycles. The van der Waals surface area contributed by atoms with E-state index in [4.69, 9.17) is 11.6 Å². The number of hydrogen-bond donors (Lipinski definition) is 1. The molecule has 0 saturated heterocycles. The van der Waals surface area contributed by atoms with Crippen LogP contribution in [0.25, 0.3) is 0 Å². The van der Waals surface area contributed by atoms with E-state index in [1.54, 1.807) is 48.5 Å². The van der Waals surface area contributed by atoms with Gasteiger partial charge in [0.05, 0.1) is 17.5 Å². The average Bonchev–Trinajstić information content (AvgIpc) is 2.42. The van der Waals surface area contributed by atoms with Crippen molar-refractivity contribution in [2.75, 3.05) is 5.32 Å². The predicted molar refractivity (Wildman–Crippen MR) is 82.6 cm³/mol. The van der Waals surface area contributed by atoms with Gasteiger partial charge in [-0.25, -0.2) is 0 Å². The lowest BCUT2D eigenvalue weighted by atomic mass is 10.0. The van der Waals surface area contributed by atoms with Crippen LogP contribution in [0.15, 0.2) is 53.0 Å². The molecule has 0 radical (unpaired) electrons. The molecule has 112 valence electrons. The molecule has 0 aromatic heterocycles. The molecule has 0 amide bonds. The van der Waals surface area contributed by atoms with Gasteiger partial charge >= 0.3 is 6.18 Å². The van der Waals surface area contributed by atoms with Crippen LogP contribution in [0.5, 0.6) is 0 Å². The molecule has 1 N–H and O–H groups in total. The number of hydrogen-bond acceptors (Lipinski definition) is 1. The van der Waals surface area contributed by atoms with Crippen LogP contribution in [0.2, 0.25) is 5.02 Å². The Balaban J connectivity index is 2.25. The largest absolute Gasteiger partial charge is 0.391 e. The Morgan fingerprint density at radius 3 is 2.33 bits per heavy atom. The van der Waals surface area contributed by atoms with Gasteiger partial charge in [0.15, 0.2) is 0 Å². The highest BCUT2D eigenvalue weighted by atomic mass is 79.9. The second-order valence-corrected chi connectivity index (χ2v) is 5.82. The van der Waals surface area contributed by atoms with E-state index < -0.39 is 18.6 Å². The van der Waals surface area contributed by atoms with Crippen LogP contribution in [0.4, 0.5) is 18.9 Å². The van der Waals surface area contributed by atoms with Crippen LogP contribution in [0.1, 0.15) is 18.0 Å². The van der Waals surface area contributed by atoms with Crippen LogP contribution in [0.3, 0.4) is 0 Å². The second-order valence-electron chi connectivity index (χ2n) is 4.56. The average molecular weight is 379 g/mol. The minimum Gasteiger partial charge on any atom is -0.378 e. The smallest absolute Gasteiger partial charge is 0.378 e. The summed E-state index contributed by atoms with van der Waals surface area (Å²) < 4.78 is 38.9. The van der Waals surface area contributed by atoms with Gasteiger partial charge in [-0.15, -0.1) is 0 Å². The Bertz CT molecular complexity index is 602. The first-order valence-corrected chi connectivity index (χ1v) is 7.35. The van der Waals surface area contributed by atoms with E-state index in [1.807, 2.05) is 0 Å². The van der Waals surface area contributed by atoms with Gasteiger partial charge in [-0.3, -0.25) is 0 Å². The molecular weight excluding hydrogens is 367 g/mol. The highest BCUT2D eigenvalue weighted by Crippen LogP contribution is 2.33. The third-order valence-corrected chi connectivity index (χ3v) is 4.11. The van der Waals surface area contributed by atoms with Gasteiger partial charge in [0, 0.05) is 10.2 Å². The van der Waals surface area contributed by atoms with Crippen LogP contribution in [0, 0.1) is 0 Å². The first kappa shape index (κ1) is 16.2. The minimum absolute atomic E-state index is 0.507. The number of benzene rings is 2. The maximum Gasteiger partial charge on any atom is 0.391 e. The summed E-state index contributed by atoms with van der Waals surface area (Å²) in [6.45, 7) is 0.